The minimum absolute atomic E-state index is 0.280. The van der Waals surface area contributed by atoms with Gasteiger partial charge < -0.3 is 9.47 Å². The summed E-state index contributed by atoms with van der Waals surface area (Å²) in [6.07, 6.45) is 0. The van der Waals surface area contributed by atoms with Crippen LogP contribution in [-0.2, 0) is 0 Å². The fraction of sp³-hybridized carbons (Fsp3) is 0.0741. The summed E-state index contributed by atoms with van der Waals surface area (Å²) in [5.74, 6) is 0.560. The number of nitriles is 2. The second kappa shape index (κ2) is 14.7. The summed E-state index contributed by atoms with van der Waals surface area (Å²) in [6.45, 7) is 4.52. The number of rotatable bonds is 8. The van der Waals surface area contributed by atoms with Gasteiger partial charge in [0.25, 0.3) is 0 Å². The van der Waals surface area contributed by atoms with E-state index in [2.05, 4.69) is 72.8 Å². The Morgan fingerprint density at radius 1 is 0.403 bits per heavy atom. The molecular formula is C54H34N6O2. The van der Waals surface area contributed by atoms with E-state index in [0.29, 0.717) is 35.6 Å². The lowest BCUT2D eigenvalue weighted by molar-refractivity contribution is 0.327. The molecule has 0 N–H and O–H groups in total. The van der Waals surface area contributed by atoms with E-state index in [1.165, 1.54) is 0 Å². The average molecular weight is 799 g/mol. The predicted octanol–water partition coefficient (Wildman–Crippen LogP) is 12.8. The van der Waals surface area contributed by atoms with Crippen molar-refractivity contribution in [2.75, 3.05) is 13.2 Å². The molecule has 8 nitrogen and oxygen atoms in total. The van der Waals surface area contributed by atoms with Gasteiger partial charge in [0.05, 0.1) is 24.6 Å². The van der Waals surface area contributed by atoms with Crippen molar-refractivity contribution in [1.82, 2.24) is 19.9 Å². The first-order valence-electron chi connectivity index (χ1n) is 20.6. The molecule has 0 atom stereocenters. The number of pyridine rings is 4. The van der Waals surface area contributed by atoms with Gasteiger partial charge in [0.15, 0.2) is 11.3 Å². The molecule has 0 aliphatic carbocycles. The summed E-state index contributed by atoms with van der Waals surface area (Å²) in [5, 5.41) is 31.2. The second-order valence-corrected chi connectivity index (χ2v) is 15.1. The third-order valence-corrected chi connectivity index (χ3v) is 11.8. The zero-order valence-electron chi connectivity index (χ0n) is 33.8. The smallest absolute Gasteiger partial charge is 0.234 e. The molecular weight excluding hydrogens is 765 g/mol. The summed E-state index contributed by atoms with van der Waals surface area (Å²) in [7, 11) is 0. The Bertz CT molecular complexity index is 3420. The molecule has 11 aromatic rings. The molecule has 0 saturated carbocycles. The quantitative estimate of drug-likeness (QED) is 0.110. The summed E-state index contributed by atoms with van der Waals surface area (Å²) >= 11 is 0. The van der Waals surface area contributed by atoms with Gasteiger partial charge >= 0.3 is 0 Å². The van der Waals surface area contributed by atoms with Crippen molar-refractivity contribution in [1.29, 1.82) is 10.5 Å². The van der Waals surface area contributed by atoms with Gasteiger partial charge in [-0.15, -0.1) is 0 Å². The van der Waals surface area contributed by atoms with Crippen LogP contribution in [0.1, 0.15) is 25.0 Å². The van der Waals surface area contributed by atoms with E-state index >= 15 is 0 Å². The molecule has 0 spiro atoms. The lowest BCUT2D eigenvalue weighted by atomic mass is 9.86. The largest absolute Gasteiger partial charge is 0.477 e. The third kappa shape index (κ3) is 5.58. The van der Waals surface area contributed by atoms with Crippen LogP contribution < -0.4 is 9.47 Å². The van der Waals surface area contributed by atoms with Gasteiger partial charge in [0.2, 0.25) is 11.8 Å². The van der Waals surface area contributed by atoms with E-state index in [1.54, 1.807) is 0 Å². The van der Waals surface area contributed by atoms with Crippen molar-refractivity contribution in [3.8, 4) is 68.7 Å². The molecule has 0 bridgehead atoms. The van der Waals surface area contributed by atoms with E-state index in [9.17, 15) is 10.5 Å². The van der Waals surface area contributed by atoms with Crippen LogP contribution in [0.5, 0.6) is 11.8 Å². The van der Waals surface area contributed by atoms with Crippen molar-refractivity contribution >= 4 is 65.2 Å². The van der Waals surface area contributed by atoms with E-state index in [-0.39, 0.29) is 11.8 Å². The highest BCUT2D eigenvalue weighted by atomic mass is 16.5. The Balaban J connectivity index is 1.09. The van der Waals surface area contributed by atoms with Crippen molar-refractivity contribution in [2.45, 2.75) is 13.8 Å². The molecule has 4 aromatic heterocycles. The number of hydrogen-bond donors (Lipinski definition) is 0. The van der Waals surface area contributed by atoms with E-state index in [0.717, 1.165) is 98.6 Å². The summed E-state index contributed by atoms with van der Waals surface area (Å²) in [6, 6.07) is 54.2. The lowest BCUT2D eigenvalue weighted by Crippen LogP contribution is -2.02. The number of nitrogens with zero attached hydrogens (tertiary/aromatic N) is 6. The molecule has 0 radical (unpaired) electrons. The van der Waals surface area contributed by atoms with Crippen LogP contribution >= 0.6 is 0 Å². The first-order chi connectivity index (χ1) is 30.6. The fourth-order valence-corrected chi connectivity index (χ4v) is 9.20. The van der Waals surface area contributed by atoms with Crippen molar-refractivity contribution in [3.05, 3.63) is 157 Å². The zero-order valence-corrected chi connectivity index (χ0v) is 33.8. The van der Waals surface area contributed by atoms with Crippen molar-refractivity contribution in [3.63, 3.8) is 0 Å². The van der Waals surface area contributed by atoms with Gasteiger partial charge in [-0.2, -0.15) is 20.5 Å². The highest BCUT2D eigenvalue weighted by molar-refractivity contribution is 6.35. The van der Waals surface area contributed by atoms with Gasteiger partial charge in [-0.3, -0.25) is 0 Å². The Morgan fingerprint density at radius 3 is 1.19 bits per heavy atom. The van der Waals surface area contributed by atoms with Crippen LogP contribution in [0.2, 0.25) is 0 Å². The van der Waals surface area contributed by atoms with Crippen LogP contribution in [0.15, 0.2) is 146 Å². The Labute approximate surface area is 356 Å². The zero-order chi connectivity index (χ0) is 41.9. The normalized spacial score (nSPS) is 11.5. The second-order valence-electron chi connectivity index (χ2n) is 15.1. The van der Waals surface area contributed by atoms with Crippen LogP contribution in [0.25, 0.3) is 110 Å². The highest BCUT2D eigenvalue weighted by Crippen LogP contribution is 2.46. The maximum atomic E-state index is 10.3. The summed E-state index contributed by atoms with van der Waals surface area (Å²) in [4.78, 5) is 20.0. The molecule has 8 heteroatoms. The highest BCUT2D eigenvalue weighted by Gasteiger charge is 2.23. The van der Waals surface area contributed by atoms with Gasteiger partial charge in [-0.05, 0) is 92.3 Å². The maximum absolute atomic E-state index is 10.3. The molecule has 11 rings (SSSR count). The predicted molar refractivity (Wildman–Crippen MR) is 247 cm³/mol. The molecule has 0 saturated heterocycles. The van der Waals surface area contributed by atoms with Crippen LogP contribution in [0.3, 0.4) is 0 Å². The molecule has 0 aliphatic heterocycles. The van der Waals surface area contributed by atoms with Crippen molar-refractivity contribution in [2.24, 2.45) is 0 Å². The van der Waals surface area contributed by atoms with Gasteiger partial charge in [-0.1, -0.05) is 121 Å². The number of aromatic nitrogens is 4. The van der Waals surface area contributed by atoms with E-state index < -0.39 is 0 Å². The number of hydrogen-bond acceptors (Lipinski definition) is 8. The lowest BCUT2D eigenvalue weighted by Gasteiger charge is -2.18. The van der Waals surface area contributed by atoms with Crippen molar-refractivity contribution < 1.29 is 9.47 Å². The SMILES string of the molecule is CCOc1nc2nc(-c3ccc4c5ccc(-c6ccc7c(-c8ccccc8)c(C#N)c(OCC)nc7n6)c6cccc(c7cccc3c74)c65)ccc2c(-c2ccccc2)c1C#N. The van der Waals surface area contributed by atoms with E-state index in [1.807, 2.05) is 98.8 Å². The fourth-order valence-electron chi connectivity index (χ4n) is 9.20. The number of benzene rings is 7. The van der Waals surface area contributed by atoms with Crippen LogP contribution in [0, 0.1) is 22.7 Å². The Kier molecular flexibility index (Phi) is 8.66. The van der Waals surface area contributed by atoms with Crippen LogP contribution in [0.4, 0.5) is 0 Å². The van der Waals surface area contributed by atoms with Gasteiger partial charge in [-0.25, -0.2) is 9.97 Å². The third-order valence-electron chi connectivity index (χ3n) is 11.8. The topological polar surface area (TPSA) is 118 Å². The Morgan fingerprint density at radius 2 is 0.790 bits per heavy atom. The molecule has 292 valence electrons. The molecule has 7 aromatic carbocycles. The molecule has 0 fully saturated rings. The first kappa shape index (κ1) is 36.6. The number of ether oxygens (including phenoxy) is 2. The minimum Gasteiger partial charge on any atom is -0.477 e. The average Bonchev–Trinajstić information content (AvgIpc) is 3.32. The molecule has 4 heterocycles. The molecule has 0 unspecified atom stereocenters. The van der Waals surface area contributed by atoms with E-state index in [4.69, 9.17) is 29.4 Å². The standard InChI is InChI=1S/C54H34N6O2/c1-3-61-53-43(29-55)47(31-13-7-5-8-14-31)41-25-27-45(57-51(41)59-53)33-21-23-39-40-24-22-34(36-18-12-20-38(50(36)40)37-19-11-17-35(33)49(37)39)46-28-26-42-48(32-15-9-6-10-16-32)44(30-56)54(62-4-2)60-52(42)58-46/h5-28H,3-4H2,1-2H3. The van der Waals surface area contributed by atoms with Gasteiger partial charge in [0.1, 0.15) is 23.3 Å². The minimum atomic E-state index is 0.280. The van der Waals surface area contributed by atoms with Gasteiger partial charge in [0, 0.05) is 33.0 Å². The maximum Gasteiger partial charge on any atom is 0.234 e. The Hall–Kier alpha value is -8.46. The molecule has 62 heavy (non-hydrogen) atoms. The summed E-state index contributed by atoms with van der Waals surface area (Å²) in [5.41, 5.74) is 8.67. The molecule has 0 amide bonds. The first-order valence-corrected chi connectivity index (χ1v) is 20.6. The molecule has 0 aliphatic rings. The van der Waals surface area contributed by atoms with Crippen LogP contribution in [-0.4, -0.2) is 33.1 Å². The monoisotopic (exact) mass is 798 g/mol. The number of fused-ring (bicyclic) bond motifs is 4. The summed E-state index contributed by atoms with van der Waals surface area (Å²) < 4.78 is 11.9.